The van der Waals surface area contributed by atoms with E-state index in [4.69, 9.17) is 16.7 Å². The molecular weight excluding hydrogens is 620 g/mol. The van der Waals surface area contributed by atoms with Crippen molar-refractivity contribution in [3.05, 3.63) is 88.2 Å². The zero-order chi connectivity index (χ0) is 30.6. The van der Waals surface area contributed by atoms with E-state index >= 15 is 0 Å². The number of nitrogens with two attached hydrogens (primary N) is 1. The van der Waals surface area contributed by atoms with Crippen molar-refractivity contribution < 1.29 is 34.4 Å². The predicted octanol–water partition coefficient (Wildman–Crippen LogP) is 4.96. The Morgan fingerprint density at radius 1 is 0.976 bits per heavy atom. The van der Waals surface area contributed by atoms with E-state index < -0.39 is 48.7 Å². The molecule has 3 aromatic carbocycles. The number of alkyl halides is 3. The Kier molecular flexibility index (Phi) is 7.81. The van der Waals surface area contributed by atoms with Crippen molar-refractivity contribution in [1.29, 1.82) is 0 Å². The molecule has 2 heterocycles. The van der Waals surface area contributed by atoms with Gasteiger partial charge in [0.1, 0.15) is 5.82 Å². The Morgan fingerprint density at radius 3 is 2.36 bits per heavy atom. The number of nitrogens with zero attached hydrogens (tertiary/aromatic N) is 3. The maximum absolute atomic E-state index is 14.5. The van der Waals surface area contributed by atoms with Gasteiger partial charge in [0.25, 0.3) is 20.2 Å². The van der Waals surface area contributed by atoms with E-state index in [0.29, 0.717) is 22.9 Å². The lowest BCUT2D eigenvalue weighted by molar-refractivity contribution is -0.137. The highest BCUT2D eigenvalue weighted by molar-refractivity contribution is 7.92. The third-order valence-corrected chi connectivity index (χ3v) is 10.4. The van der Waals surface area contributed by atoms with Crippen LogP contribution in [0.5, 0.6) is 0 Å². The Balaban J connectivity index is 1.63. The zero-order valence-corrected chi connectivity index (χ0v) is 24.4. The molecule has 15 heteroatoms. The standard InChI is InChI=1S/C27H25ClF4N4O4S2/c1-17(26-22(28)6-3-7-23(26)29)12-18-8-9-24-25(13-18)36(16-20-15-34(42(33,39)40)10-11-35(20)24)41(37,38)21-5-2-4-19(14-21)27(30,31)32/h2-9,12-14,20H,10-11,15-16H2,1H3,(H2,33,39,40)/b17-12+/t20-/m0/s1. The fourth-order valence-corrected chi connectivity index (χ4v) is 7.86. The van der Waals surface area contributed by atoms with Gasteiger partial charge in [-0.1, -0.05) is 35.9 Å². The number of rotatable bonds is 5. The van der Waals surface area contributed by atoms with Crippen LogP contribution in [-0.2, 0) is 26.4 Å². The fourth-order valence-electron chi connectivity index (χ4n) is 5.28. The molecule has 0 aliphatic carbocycles. The summed E-state index contributed by atoms with van der Waals surface area (Å²) in [5.74, 6) is -0.543. The van der Waals surface area contributed by atoms with Gasteiger partial charge in [0.05, 0.1) is 39.4 Å². The number of benzene rings is 3. The number of hydrogen-bond acceptors (Lipinski definition) is 5. The lowest BCUT2D eigenvalue weighted by Gasteiger charge is -2.48. The second-order valence-electron chi connectivity index (χ2n) is 9.98. The molecule has 0 bridgehead atoms. The molecule has 1 fully saturated rings. The molecule has 0 saturated carbocycles. The van der Waals surface area contributed by atoms with Crippen LogP contribution in [0.3, 0.4) is 0 Å². The first-order valence-electron chi connectivity index (χ1n) is 12.6. The molecule has 0 aromatic heterocycles. The molecule has 224 valence electrons. The van der Waals surface area contributed by atoms with Crippen molar-refractivity contribution in [3.8, 4) is 0 Å². The largest absolute Gasteiger partial charge is 0.416 e. The summed E-state index contributed by atoms with van der Waals surface area (Å²) in [7, 11) is -8.64. The van der Waals surface area contributed by atoms with Crippen LogP contribution in [0.15, 0.2) is 65.6 Å². The summed E-state index contributed by atoms with van der Waals surface area (Å²) >= 11 is 6.21. The Hall–Kier alpha value is -3.17. The normalized spacial score (nSPS) is 18.5. The monoisotopic (exact) mass is 644 g/mol. The number of piperazine rings is 1. The van der Waals surface area contributed by atoms with E-state index in [-0.39, 0.29) is 42.5 Å². The minimum atomic E-state index is -4.77. The second-order valence-corrected chi connectivity index (χ2v) is 13.8. The molecule has 2 aliphatic rings. The molecule has 42 heavy (non-hydrogen) atoms. The van der Waals surface area contributed by atoms with Crippen molar-refractivity contribution >= 4 is 54.9 Å². The van der Waals surface area contributed by atoms with Crippen LogP contribution in [0.4, 0.5) is 28.9 Å². The van der Waals surface area contributed by atoms with E-state index in [1.54, 1.807) is 31.2 Å². The Bertz CT molecular complexity index is 1780. The molecule has 3 aromatic rings. The van der Waals surface area contributed by atoms with Crippen molar-refractivity contribution in [2.45, 2.75) is 24.0 Å². The number of hydrogen-bond donors (Lipinski definition) is 1. The van der Waals surface area contributed by atoms with E-state index in [1.807, 2.05) is 4.90 Å². The van der Waals surface area contributed by atoms with Crippen molar-refractivity contribution in [3.63, 3.8) is 0 Å². The molecule has 5 rings (SSSR count). The molecule has 1 atom stereocenters. The predicted molar refractivity (Wildman–Crippen MR) is 153 cm³/mol. The molecular formula is C27H25ClF4N4O4S2. The lowest BCUT2D eigenvalue weighted by Crippen LogP contribution is -2.62. The minimum Gasteiger partial charge on any atom is -0.362 e. The van der Waals surface area contributed by atoms with Crippen LogP contribution in [0.25, 0.3) is 11.6 Å². The average Bonchev–Trinajstić information content (AvgIpc) is 2.91. The molecule has 2 N–H and O–H groups in total. The van der Waals surface area contributed by atoms with Crippen molar-refractivity contribution in [2.24, 2.45) is 5.14 Å². The molecule has 1 saturated heterocycles. The number of anilines is 2. The number of fused-ring (bicyclic) bond motifs is 3. The van der Waals surface area contributed by atoms with Crippen molar-refractivity contribution in [1.82, 2.24) is 4.31 Å². The van der Waals surface area contributed by atoms with E-state index in [1.165, 1.54) is 18.2 Å². The highest BCUT2D eigenvalue weighted by atomic mass is 35.5. The van der Waals surface area contributed by atoms with E-state index in [0.717, 1.165) is 26.8 Å². The first-order valence-corrected chi connectivity index (χ1v) is 15.9. The van der Waals surface area contributed by atoms with Crippen LogP contribution in [0, 0.1) is 5.82 Å². The topological polar surface area (TPSA) is 104 Å². The van der Waals surface area contributed by atoms with Crippen LogP contribution in [-0.4, -0.2) is 53.4 Å². The van der Waals surface area contributed by atoms with Crippen molar-refractivity contribution in [2.75, 3.05) is 35.4 Å². The highest BCUT2D eigenvalue weighted by Gasteiger charge is 2.42. The molecule has 8 nitrogen and oxygen atoms in total. The van der Waals surface area contributed by atoms with E-state index in [9.17, 15) is 34.4 Å². The molecule has 0 spiro atoms. The highest BCUT2D eigenvalue weighted by Crippen LogP contribution is 2.42. The van der Waals surface area contributed by atoms with Gasteiger partial charge in [0.2, 0.25) is 0 Å². The summed E-state index contributed by atoms with van der Waals surface area (Å²) in [6.45, 7) is 1.51. The third-order valence-electron chi connectivity index (χ3n) is 7.25. The van der Waals surface area contributed by atoms with Gasteiger partial charge in [-0.05, 0) is 60.5 Å². The average molecular weight is 645 g/mol. The maximum Gasteiger partial charge on any atom is 0.416 e. The third kappa shape index (κ3) is 5.73. The van der Waals surface area contributed by atoms with Crippen LogP contribution in [0.1, 0.15) is 23.6 Å². The smallest absolute Gasteiger partial charge is 0.362 e. The summed E-state index contributed by atoms with van der Waals surface area (Å²) in [6.07, 6.45) is -3.16. The summed E-state index contributed by atoms with van der Waals surface area (Å²) in [4.78, 5) is 1.27. The van der Waals surface area contributed by atoms with Gasteiger partial charge in [0, 0.05) is 25.2 Å². The lowest BCUT2D eigenvalue weighted by atomic mass is 10.0. The first kappa shape index (κ1) is 30.3. The quantitative estimate of drug-likeness (QED) is 0.312. The van der Waals surface area contributed by atoms with Gasteiger partial charge in [-0.3, -0.25) is 4.31 Å². The van der Waals surface area contributed by atoms with Gasteiger partial charge in [-0.15, -0.1) is 0 Å². The van der Waals surface area contributed by atoms with Gasteiger partial charge in [-0.25, -0.2) is 17.9 Å². The summed E-state index contributed by atoms with van der Waals surface area (Å²) in [5, 5.41) is 5.52. The molecule has 2 aliphatic heterocycles. The SMILES string of the molecule is C/C(=C\c1ccc2c(c1)N(S(=O)(=O)c1cccc(C(F)(F)F)c1)C[C@@H]1CN(S(N)(=O)=O)CCN21)c1c(F)cccc1Cl. The number of sulfonamides is 1. The van der Waals surface area contributed by atoms with Gasteiger partial charge >= 0.3 is 6.18 Å². The zero-order valence-electron chi connectivity index (χ0n) is 22.0. The summed E-state index contributed by atoms with van der Waals surface area (Å²) in [5.41, 5.74) is 0.597. The van der Waals surface area contributed by atoms with Gasteiger partial charge in [-0.2, -0.15) is 25.9 Å². The first-order chi connectivity index (χ1) is 19.6. The van der Waals surface area contributed by atoms with Crippen LogP contribution in [0.2, 0.25) is 5.02 Å². The fraction of sp³-hybridized carbons (Fsp3) is 0.259. The Morgan fingerprint density at radius 2 is 1.69 bits per heavy atom. The molecule has 0 amide bonds. The second kappa shape index (κ2) is 10.8. The molecule has 0 radical (unpaired) electrons. The minimum absolute atomic E-state index is 0.0572. The van der Waals surface area contributed by atoms with Gasteiger partial charge < -0.3 is 4.90 Å². The summed E-state index contributed by atoms with van der Waals surface area (Å²) in [6, 6.07) is 11.9. The maximum atomic E-state index is 14.5. The number of halogens is 5. The molecule has 0 unspecified atom stereocenters. The van der Waals surface area contributed by atoms with Gasteiger partial charge in [0.15, 0.2) is 0 Å². The van der Waals surface area contributed by atoms with Crippen LogP contribution >= 0.6 is 11.6 Å². The number of allylic oxidation sites excluding steroid dienone is 1. The van der Waals surface area contributed by atoms with Crippen LogP contribution < -0.4 is 14.3 Å². The Labute approximate surface area is 245 Å². The van der Waals surface area contributed by atoms with E-state index in [2.05, 4.69) is 0 Å². The summed E-state index contributed by atoms with van der Waals surface area (Å²) < 4.78 is 109.